The Morgan fingerprint density at radius 3 is 1.33 bits per heavy atom. The van der Waals surface area contributed by atoms with Crippen molar-refractivity contribution >= 4 is 10.4 Å². The van der Waals surface area contributed by atoms with E-state index in [-0.39, 0.29) is 0 Å². The van der Waals surface area contributed by atoms with Crippen LogP contribution in [0.1, 0.15) is 102 Å². The third-order valence-electron chi connectivity index (χ3n) is 4.66. The van der Waals surface area contributed by atoms with E-state index in [0.717, 1.165) is 0 Å². The van der Waals surface area contributed by atoms with Crippen LogP contribution in [0.5, 0.6) is 0 Å². The Hall–Kier alpha value is -0.910. The molecular formula is C22H40O4S. The van der Waals surface area contributed by atoms with Crippen LogP contribution in [-0.4, -0.2) is 17.5 Å². The molecule has 1 aromatic carbocycles. The summed E-state index contributed by atoms with van der Waals surface area (Å²) < 4.78 is 31.6. The van der Waals surface area contributed by atoms with Gasteiger partial charge in [-0.15, -0.1) is 0 Å². The lowest BCUT2D eigenvalue weighted by Gasteiger charge is -2.03. The minimum absolute atomic E-state index is 1.26. The summed E-state index contributed by atoms with van der Waals surface area (Å²) in [4.78, 5) is 0. The molecule has 0 aromatic heterocycles. The molecule has 0 fully saturated rings. The summed E-state index contributed by atoms with van der Waals surface area (Å²) in [5.41, 5.74) is 1.50. The van der Waals surface area contributed by atoms with Crippen molar-refractivity contribution < 1.29 is 17.5 Å². The highest BCUT2D eigenvalue weighted by atomic mass is 32.3. The van der Waals surface area contributed by atoms with Gasteiger partial charge in [0, 0.05) is 0 Å². The molecule has 0 radical (unpaired) electrons. The largest absolute Gasteiger partial charge is 0.394 e. The highest BCUT2D eigenvalue weighted by Crippen LogP contribution is 2.13. The molecule has 0 aliphatic heterocycles. The van der Waals surface area contributed by atoms with Crippen LogP contribution >= 0.6 is 0 Å². The molecule has 0 aliphatic rings. The summed E-state index contributed by atoms with van der Waals surface area (Å²) >= 11 is 0. The van der Waals surface area contributed by atoms with Gasteiger partial charge in [-0.25, -0.2) is 0 Å². The zero-order chi connectivity index (χ0) is 20.2. The standard InChI is InChI=1S/C22H38.H2O4S/c1-2-3-4-5-6-7-8-9-10-11-12-13-14-16-19-22-20-17-15-18-21-22;1-5(2,3)4/h15,17-18,20-21H,2-14,16,19H2,1H3;(H2,1,2,3,4). The van der Waals surface area contributed by atoms with Gasteiger partial charge in [-0.1, -0.05) is 121 Å². The third kappa shape index (κ3) is 25.1. The van der Waals surface area contributed by atoms with Gasteiger partial charge < -0.3 is 0 Å². The predicted octanol–water partition coefficient (Wildman–Crippen LogP) is 7.06. The van der Waals surface area contributed by atoms with Gasteiger partial charge in [0.15, 0.2) is 0 Å². The van der Waals surface area contributed by atoms with E-state index in [2.05, 4.69) is 37.3 Å². The predicted molar refractivity (Wildman–Crippen MR) is 115 cm³/mol. The van der Waals surface area contributed by atoms with E-state index in [9.17, 15) is 0 Å². The molecule has 5 heteroatoms. The minimum Gasteiger partial charge on any atom is -0.264 e. The Morgan fingerprint density at radius 1 is 0.630 bits per heavy atom. The third-order valence-corrected chi connectivity index (χ3v) is 4.66. The van der Waals surface area contributed by atoms with E-state index in [1.807, 2.05) is 0 Å². The van der Waals surface area contributed by atoms with Crippen LogP contribution in [0.15, 0.2) is 30.3 Å². The normalized spacial score (nSPS) is 11.1. The van der Waals surface area contributed by atoms with Gasteiger partial charge in [-0.2, -0.15) is 8.42 Å². The lowest BCUT2D eigenvalue weighted by atomic mass is 10.0. The van der Waals surface area contributed by atoms with E-state index in [1.54, 1.807) is 0 Å². The molecule has 1 aromatic rings. The lowest BCUT2D eigenvalue weighted by molar-refractivity contribution is 0.381. The van der Waals surface area contributed by atoms with Gasteiger partial charge in [0.05, 0.1) is 0 Å². The summed E-state index contributed by atoms with van der Waals surface area (Å²) in [5, 5.41) is 0. The highest BCUT2D eigenvalue weighted by molar-refractivity contribution is 7.79. The number of unbranched alkanes of at least 4 members (excludes halogenated alkanes) is 13. The number of aryl methyl sites for hydroxylation is 1. The number of benzene rings is 1. The molecule has 0 saturated heterocycles. The summed E-state index contributed by atoms with van der Waals surface area (Å²) in [6.07, 6.45) is 21.5. The van der Waals surface area contributed by atoms with Crippen molar-refractivity contribution in [2.75, 3.05) is 0 Å². The van der Waals surface area contributed by atoms with E-state index in [0.29, 0.717) is 0 Å². The van der Waals surface area contributed by atoms with Crippen molar-refractivity contribution in [2.45, 2.75) is 103 Å². The van der Waals surface area contributed by atoms with E-state index >= 15 is 0 Å². The Bertz CT molecular complexity index is 506. The first-order chi connectivity index (χ1) is 12.9. The van der Waals surface area contributed by atoms with Gasteiger partial charge in [-0.05, 0) is 18.4 Å². The van der Waals surface area contributed by atoms with Gasteiger partial charge in [-0.3, -0.25) is 9.11 Å². The zero-order valence-electron chi connectivity index (χ0n) is 17.1. The molecule has 0 heterocycles. The Morgan fingerprint density at radius 2 is 0.963 bits per heavy atom. The average Bonchev–Trinajstić information content (AvgIpc) is 2.61. The first kappa shape index (κ1) is 26.1. The van der Waals surface area contributed by atoms with Crippen LogP contribution in [0.25, 0.3) is 0 Å². The monoisotopic (exact) mass is 400 g/mol. The molecule has 4 nitrogen and oxygen atoms in total. The minimum atomic E-state index is -4.67. The van der Waals surface area contributed by atoms with Gasteiger partial charge in [0.2, 0.25) is 0 Å². The SMILES string of the molecule is CCCCCCCCCCCCCCCCc1ccccc1.O=S(=O)(O)O. The molecule has 0 unspecified atom stereocenters. The maximum Gasteiger partial charge on any atom is 0.394 e. The molecule has 0 saturated carbocycles. The Balaban J connectivity index is 0.00000119. The van der Waals surface area contributed by atoms with Crippen LogP contribution in [0.2, 0.25) is 0 Å². The molecule has 158 valence electrons. The quantitative estimate of drug-likeness (QED) is 0.244. The molecule has 27 heavy (non-hydrogen) atoms. The van der Waals surface area contributed by atoms with Crippen LogP contribution < -0.4 is 0 Å². The molecule has 2 N–H and O–H groups in total. The molecule has 0 aliphatic carbocycles. The lowest BCUT2D eigenvalue weighted by Crippen LogP contribution is -1.89. The Kier molecular flexibility index (Phi) is 17.8. The van der Waals surface area contributed by atoms with Crippen LogP contribution in [0, 0.1) is 0 Å². The van der Waals surface area contributed by atoms with Crippen molar-refractivity contribution in [1.29, 1.82) is 0 Å². The number of rotatable bonds is 15. The maximum atomic E-state index is 8.74. The van der Waals surface area contributed by atoms with Gasteiger partial charge in [0.1, 0.15) is 0 Å². The Labute approximate surface area is 167 Å². The van der Waals surface area contributed by atoms with Crippen LogP contribution in [0.4, 0.5) is 0 Å². The maximum absolute atomic E-state index is 8.74. The van der Waals surface area contributed by atoms with Gasteiger partial charge >= 0.3 is 10.4 Å². The summed E-state index contributed by atoms with van der Waals surface area (Å²) in [6.45, 7) is 2.29. The number of hydrogen-bond acceptors (Lipinski definition) is 2. The first-order valence-corrected chi connectivity index (χ1v) is 12.1. The van der Waals surface area contributed by atoms with E-state index in [4.69, 9.17) is 17.5 Å². The van der Waals surface area contributed by atoms with Crippen LogP contribution in [-0.2, 0) is 16.8 Å². The fourth-order valence-corrected chi connectivity index (χ4v) is 3.17. The fraction of sp³-hybridized carbons (Fsp3) is 0.727. The van der Waals surface area contributed by atoms with E-state index < -0.39 is 10.4 Å². The highest BCUT2D eigenvalue weighted by Gasteiger charge is 1.95. The van der Waals surface area contributed by atoms with E-state index in [1.165, 1.54) is 102 Å². The average molecular weight is 401 g/mol. The first-order valence-electron chi connectivity index (χ1n) is 10.7. The molecule has 0 bridgehead atoms. The van der Waals surface area contributed by atoms with Crippen LogP contribution in [0.3, 0.4) is 0 Å². The second-order valence-electron chi connectivity index (χ2n) is 7.28. The fourth-order valence-electron chi connectivity index (χ4n) is 3.17. The van der Waals surface area contributed by atoms with Gasteiger partial charge in [0.25, 0.3) is 0 Å². The van der Waals surface area contributed by atoms with Crippen molar-refractivity contribution in [1.82, 2.24) is 0 Å². The molecular weight excluding hydrogens is 360 g/mol. The van der Waals surface area contributed by atoms with Crippen molar-refractivity contribution in [3.8, 4) is 0 Å². The molecule has 1 rings (SSSR count). The molecule has 0 amide bonds. The van der Waals surface area contributed by atoms with Crippen molar-refractivity contribution in [2.24, 2.45) is 0 Å². The number of hydrogen-bond donors (Lipinski definition) is 2. The summed E-state index contributed by atoms with van der Waals surface area (Å²) in [7, 11) is -4.67. The van der Waals surface area contributed by atoms with Crippen molar-refractivity contribution in [3.63, 3.8) is 0 Å². The van der Waals surface area contributed by atoms with Crippen molar-refractivity contribution in [3.05, 3.63) is 35.9 Å². The molecule has 0 atom stereocenters. The zero-order valence-corrected chi connectivity index (χ0v) is 17.9. The topological polar surface area (TPSA) is 74.6 Å². The second-order valence-corrected chi connectivity index (χ2v) is 8.18. The summed E-state index contributed by atoms with van der Waals surface area (Å²) in [5.74, 6) is 0. The molecule has 0 spiro atoms. The smallest absolute Gasteiger partial charge is 0.264 e. The summed E-state index contributed by atoms with van der Waals surface area (Å²) in [6, 6.07) is 10.9. The second kappa shape index (κ2) is 18.5.